The summed E-state index contributed by atoms with van der Waals surface area (Å²) in [5.41, 5.74) is -0.769. The summed E-state index contributed by atoms with van der Waals surface area (Å²) in [5, 5.41) is 63.8. The fourth-order valence-electron chi connectivity index (χ4n) is 7.84. The second kappa shape index (κ2) is 35.0. The largest absolute Gasteiger partial charge is 0.508 e. The fourth-order valence-corrected chi connectivity index (χ4v) is 14.0. The Labute approximate surface area is 619 Å². The second-order valence-electron chi connectivity index (χ2n) is 20.2. The number of aromatic hydroxyl groups is 3. The lowest BCUT2D eigenvalue weighted by atomic mass is 10.1. The number of phenols is 3. The summed E-state index contributed by atoms with van der Waals surface area (Å²) in [6.45, 7) is 0. The van der Waals surface area contributed by atoms with Crippen LogP contribution in [0.2, 0.25) is 0 Å². The van der Waals surface area contributed by atoms with Crippen LogP contribution < -0.4 is 0 Å². The van der Waals surface area contributed by atoms with Gasteiger partial charge in [0.2, 0.25) is 0 Å². The lowest BCUT2D eigenvalue weighted by Gasteiger charge is -2.06. The number of hydrogen-bond donors (Lipinski definition) is 7. The molecule has 0 aliphatic rings. The highest BCUT2D eigenvalue weighted by Crippen LogP contribution is 2.34. The number of phenolic OH excluding ortho intramolecular Hbond substituents is 3. The van der Waals surface area contributed by atoms with E-state index in [4.69, 9.17) is 52.0 Å². The monoisotopic (exact) mass is 1770 g/mol. The summed E-state index contributed by atoms with van der Waals surface area (Å²) < 4.78 is 313. The first-order chi connectivity index (χ1) is 49.4. The standard InChI is InChI=1S/2C11H7FO4S.C10H6Cl2O5S2.C7H4F2O6S2.C7H5FO4S.C6H4F2O5S2.C6H5FO3S/c2*12-17(15,16)10-4-3-7-5-9(11(13)14)2-1-8(7)6-10;11-18(14,15)8-4-6-3-7(13)1-2-9(6)10(5-8)19(12,16)17;8-16(12,13)5-1-4(7(10)11)2-6(3-5)17(9,14)15;8-13(11,12)6-3-1-5(2-4-6)7(9)10;7-14(10,11)5-1-4(9)2-6(3-5)15(8,12)13;7-11(9,10)6-3-1-5(8)2-4-6/h2*1-6H,(H,13,14);1-5,13H;1-3H,(H,10,11);1-4H,(H,9,10);1-3,9H;1-4,8H. The van der Waals surface area contributed by atoms with E-state index in [1.807, 2.05) is 0 Å². The van der Waals surface area contributed by atoms with Gasteiger partial charge >= 0.3 is 106 Å². The highest BCUT2D eigenvalue weighted by Gasteiger charge is 2.25. The Hall–Kier alpha value is -10.2. The van der Waals surface area contributed by atoms with Crippen molar-refractivity contribution in [3.63, 3.8) is 0 Å². The number of carboxylic acids is 4. The van der Waals surface area contributed by atoms with Crippen molar-refractivity contribution >= 4 is 177 Å². The molecule has 0 spiro atoms. The van der Waals surface area contributed by atoms with E-state index >= 15 is 0 Å². The normalized spacial score (nSPS) is 12.0. The number of halogens is 10. The van der Waals surface area contributed by atoms with Gasteiger partial charge in [0.25, 0.3) is 18.1 Å². The van der Waals surface area contributed by atoms with Crippen molar-refractivity contribution in [2.45, 2.75) is 49.0 Å². The molecule has 10 rings (SSSR count). The molecule has 0 saturated heterocycles. The molecule has 10 aromatic rings. The van der Waals surface area contributed by atoms with Gasteiger partial charge in [0.1, 0.15) is 36.8 Å². The van der Waals surface area contributed by atoms with E-state index in [0.29, 0.717) is 45.8 Å². The van der Waals surface area contributed by atoms with Crippen LogP contribution in [0.5, 0.6) is 17.2 Å². The molecule has 0 bridgehead atoms. The van der Waals surface area contributed by atoms with Crippen LogP contribution >= 0.6 is 21.4 Å². The summed E-state index contributed by atoms with van der Waals surface area (Å²) in [4.78, 5) is 34.9. The molecule has 0 radical (unpaired) electrons. The van der Waals surface area contributed by atoms with Crippen LogP contribution in [0, 0.1) is 0 Å². The average Bonchev–Trinajstić information content (AvgIpc) is 0.770. The molecular formula is C58H38Cl2F8O31S10. The second-order valence-corrected chi connectivity index (χ2v) is 36.1. The molecule has 0 aliphatic heterocycles. The van der Waals surface area contributed by atoms with E-state index in [1.54, 1.807) is 0 Å². The number of rotatable bonds is 14. The Morgan fingerprint density at radius 3 is 0.817 bits per heavy atom. The molecule has 51 heteroatoms. The third kappa shape index (κ3) is 28.1. The van der Waals surface area contributed by atoms with Gasteiger partial charge in [0.15, 0.2) is 0 Å². The van der Waals surface area contributed by atoms with Crippen molar-refractivity contribution in [1.29, 1.82) is 0 Å². The van der Waals surface area contributed by atoms with Gasteiger partial charge in [-0.3, -0.25) is 0 Å². The molecule has 0 aromatic heterocycles. The van der Waals surface area contributed by atoms with Gasteiger partial charge in [-0.15, -0.1) is 31.1 Å². The Bertz CT molecular complexity index is 6290. The number of carbonyl (C=O) groups is 4. The first kappa shape index (κ1) is 91.2. The molecule has 0 atom stereocenters. The first-order valence-electron chi connectivity index (χ1n) is 27.0. The molecule has 0 fully saturated rings. The topological polar surface area (TPSA) is 551 Å². The molecule has 31 nitrogen and oxygen atoms in total. The maximum Gasteiger partial charge on any atom is 0.335 e. The minimum absolute atomic E-state index is 0.0904. The number of aromatic carboxylic acids is 4. The molecule has 0 amide bonds. The highest BCUT2D eigenvalue weighted by atomic mass is 35.7. The van der Waals surface area contributed by atoms with Crippen LogP contribution in [-0.4, -0.2) is 144 Å². The molecule has 586 valence electrons. The quantitative estimate of drug-likeness (QED) is 0.0393. The number of carboxylic acid groups (broad SMARTS) is 4. The Morgan fingerprint density at radius 2 is 0.505 bits per heavy atom. The van der Waals surface area contributed by atoms with Gasteiger partial charge in [0.05, 0.1) is 51.6 Å². The van der Waals surface area contributed by atoms with Gasteiger partial charge in [-0.1, -0.05) is 24.3 Å². The van der Waals surface area contributed by atoms with Crippen molar-refractivity contribution in [3.05, 3.63) is 210 Å². The predicted molar refractivity (Wildman–Crippen MR) is 363 cm³/mol. The van der Waals surface area contributed by atoms with E-state index in [1.165, 1.54) is 66.7 Å². The summed E-state index contributed by atoms with van der Waals surface area (Å²) in [6.07, 6.45) is 0. The number of fused-ring (bicyclic) bond motifs is 3. The zero-order valence-corrected chi connectivity index (χ0v) is 61.9. The number of benzene rings is 10. The first-order valence-corrected chi connectivity index (χ1v) is 42.7. The van der Waals surface area contributed by atoms with Crippen molar-refractivity contribution in [1.82, 2.24) is 0 Å². The van der Waals surface area contributed by atoms with Crippen molar-refractivity contribution in [2.75, 3.05) is 0 Å². The van der Waals surface area contributed by atoms with Crippen molar-refractivity contribution < 1.29 is 170 Å². The fraction of sp³-hybridized carbons (Fsp3) is 0. The summed E-state index contributed by atoms with van der Waals surface area (Å²) in [7, 11) is -37.7. The average molecular weight is 1770 g/mol. The van der Waals surface area contributed by atoms with Crippen LogP contribution in [0.15, 0.2) is 237 Å². The van der Waals surface area contributed by atoms with Gasteiger partial charge in [-0.25, -0.2) is 36.0 Å². The third-order valence-corrected chi connectivity index (χ3v) is 21.9. The van der Waals surface area contributed by atoms with E-state index in [2.05, 4.69) is 0 Å². The van der Waals surface area contributed by atoms with Crippen LogP contribution in [0.1, 0.15) is 41.4 Å². The molecule has 7 N–H and O–H groups in total. The van der Waals surface area contributed by atoms with Crippen LogP contribution in [0.4, 0.5) is 31.1 Å². The maximum atomic E-state index is 12.7. The summed E-state index contributed by atoms with van der Waals surface area (Å²) in [6, 6.07) is 31.6. The molecule has 10 aromatic carbocycles. The summed E-state index contributed by atoms with van der Waals surface area (Å²) >= 11 is 0. The van der Waals surface area contributed by atoms with Gasteiger partial charge in [-0.05, 0) is 179 Å². The van der Waals surface area contributed by atoms with Crippen molar-refractivity contribution in [2.24, 2.45) is 0 Å². The maximum absolute atomic E-state index is 12.7. The van der Waals surface area contributed by atoms with E-state index in [0.717, 1.165) is 84.9 Å². The Kier molecular flexibility index (Phi) is 29.3. The van der Waals surface area contributed by atoms with Gasteiger partial charge in [-0.2, -0.15) is 67.3 Å². The zero-order valence-electron chi connectivity index (χ0n) is 52.2. The summed E-state index contributed by atoms with van der Waals surface area (Å²) in [5.74, 6) is -6.18. The molecule has 0 heterocycles. The van der Waals surface area contributed by atoms with Crippen LogP contribution in [-0.2, 0) is 99.9 Å². The molecule has 0 unspecified atom stereocenters. The lowest BCUT2D eigenvalue weighted by molar-refractivity contribution is 0.0685. The van der Waals surface area contributed by atoms with Gasteiger partial charge in [0, 0.05) is 38.9 Å². The van der Waals surface area contributed by atoms with Crippen LogP contribution in [0.25, 0.3) is 32.3 Å². The predicted octanol–water partition coefficient (Wildman–Crippen LogP) is 10.3. The SMILES string of the molecule is O=C(O)c1cc(S(=O)(=O)F)cc(S(=O)(=O)F)c1.O=C(O)c1ccc(S(=O)(=O)F)cc1.O=C(O)c1ccc2cc(S(=O)(=O)F)ccc2c1.O=C(O)c1ccc2cc(S(=O)(=O)F)ccc2c1.O=S(=O)(Cl)c1cc(S(=O)(=O)Cl)c2ccc(O)cc2c1.O=S(=O)(F)c1cc(O)cc(S(=O)(=O)F)c1.O=S(=O)(F)c1ccc(O)cc1. The smallest absolute Gasteiger partial charge is 0.335 e. The minimum Gasteiger partial charge on any atom is -0.508 e. The van der Waals surface area contributed by atoms with E-state index in [9.17, 15) is 140 Å². The zero-order chi connectivity index (χ0) is 83.5. The molecule has 109 heavy (non-hydrogen) atoms. The highest BCUT2D eigenvalue weighted by molar-refractivity contribution is 8.14. The minimum atomic E-state index is -5.34. The Morgan fingerprint density at radius 1 is 0.229 bits per heavy atom. The van der Waals surface area contributed by atoms with E-state index < -0.39 is 179 Å². The lowest BCUT2D eigenvalue weighted by Crippen LogP contribution is -2.04. The van der Waals surface area contributed by atoms with E-state index in [-0.39, 0.29) is 56.0 Å². The molecule has 0 aliphatic carbocycles. The number of hydrogen-bond acceptors (Lipinski definition) is 27. The van der Waals surface area contributed by atoms with Gasteiger partial charge < -0.3 is 35.7 Å². The van der Waals surface area contributed by atoms with Crippen LogP contribution in [0.3, 0.4) is 0 Å². The molecular weight excluding hydrogens is 1740 g/mol. The van der Waals surface area contributed by atoms with Crippen molar-refractivity contribution in [3.8, 4) is 17.2 Å². The Balaban J connectivity index is 0.000000270. The third-order valence-electron chi connectivity index (χ3n) is 12.7. The molecule has 0 saturated carbocycles.